The number of nitrogens with zero attached hydrogens (tertiary/aromatic N) is 2. The Morgan fingerprint density at radius 2 is 1.83 bits per heavy atom. The minimum Gasteiger partial charge on any atom is -0.496 e. The van der Waals surface area contributed by atoms with E-state index in [1.165, 1.54) is 4.88 Å². The number of thiophene rings is 1. The van der Waals surface area contributed by atoms with Gasteiger partial charge in [0.15, 0.2) is 5.78 Å². The molecule has 2 heterocycles. The van der Waals surface area contributed by atoms with Crippen molar-refractivity contribution < 1.29 is 14.3 Å². The summed E-state index contributed by atoms with van der Waals surface area (Å²) in [6, 6.07) is 7.30. The maximum absolute atomic E-state index is 13.5. The molecule has 1 N–H and O–H groups in total. The van der Waals surface area contributed by atoms with Crippen LogP contribution in [0.1, 0.15) is 39.2 Å². The fourth-order valence-corrected chi connectivity index (χ4v) is 5.54. The van der Waals surface area contributed by atoms with E-state index in [0.29, 0.717) is 28.4 Å². The van der Waals surface area contributed by atoms with Gasteiger partial charge in [-0.15, -0.1) is 11.3 Å². The number of hydrogen-bond donors (Lipinski definition) is 1. The minimum absolute atomic E-state index is 0.0489. The summed E-state index contributed by atoms with van der Waals surface area (Å²) in [4.78, 5) is 32.0. The normalized spacial score (nSPS) is 17.4. The molecular weight excluding hydrogens is 398 g/mol. The zero-order chi connectivity index (χ0) is 21.1. The molecule has 1 fully saturated rings. The van der Waals surface area contributed by atoms with Gasteiger partial charge in [-0.1, -0.05) is 12.1 Å². The van der Waals surface area contributed by atoms with E-state index in [-0.39, 0.29) is 11.7 Å². The molecule has 0 saturated carbocycles. The Bertz CT molecular complexity index is 932. The second-order valence-corrected chi connectivity index (χ2v) is 9.18. The summed E-state index contributed by atoms with van der Waals surface area (Å²) >= 11 is 1.57. The largest absolute Gasteiger partial charge is 0.496 e. The zero-order valence-corrected chi connectivity index (χ0v) is 18.5. The molecule has 2 aliphatic rings. The van der Waals surface area contributed by atoms with Gasteiger partial charge in [-0.05, 0) is 50.4 Å². The number of hydrogen-bond acceptors (Lipinski definition) is 6. The Morgan fingerprint density at radius 1 is 1.10 bits per heavy atom. The Hall–Kier alpha value is -2.22. The van der Waals surface area contributed by atoms with Crippen molar-refractivity contribution in [2.45, 2.75) is 25.7 Å². The van der Waals surface area contributed by atoms with Gasteiger partial charge in [-0.25, -0.2) is 0 Å². The number of methoxy groups -OCH3 is 1. The van der Waals surface area contributed by atoms with E-state index in [1.54, 1.807) is 30.6 Å². The van der Waals surface area contributed by atoms with Crippen molar-refractivity contribution in [3.05, 3.63) is 45.8 Å². The van der Waals surface area contributed by atoms with Crippen molar-refractivity contribution in [3.8, 4) is 5.75 Å². The third-order valence-corrected chi connectivity index (χ3v) is 7.17. The molecule has 4 rings (SSSR count). The number of ether oxygens (including phenoxy) is 1. The molecule has 1 aromatic heterocycles. The van der Waals surface area contributed by atoms with E-state index in [1.807, 2.05) is 12.1 Å². The summed E-state index contributed by atoms with van der Waals surface area (Å²) in [7, 11) is 3.68. The molecule has 0 spiro atoms. The van der Waals surface area contributed by atoms with E-state index in [4.69, 9.17) is 4.74 Å². The number of para-hydroxylation sites is 1. The molecule has 30 heavy (non-hydrogen) atoms. The van der Waals surface area contributed by atoms with Gasteiger partial charge in [0.25, 0.3) is 0 Å². The first kappa shape index (κ1) is 21.0. The number of nitrogens with one attached hydrogen (secondary N) is 1. The number of aryl methyl sites for hydroxylation is 1. The fourth-order valence-electron chi connectivity index (χ4n) is 4.24. The number of carbonyl (C=O) groups is 2. The molecule has 1 aliphatic carbocycles. The summed E-state index contributed by atoms with van der Waals surface area (Å²) in [6.45, 7) is 4.07. The molecule has 160 valence electrons. The highest BCUT2D eigenvalue weighted by atomic mass is 32.1. The van der Waals surface area contributed by atoms with E-state index in [2.05, 4.69) is 22.2 Å². The average molecular weight is 428 g/mol. The summed E-state index contributed by atoms with van der Waals surface area (Å²) < 4.78 is 5.42. The van der Waals surface area contributed by atoms with E-state index < -0.39 is 0 Å². The minimum atomic E-state index is -0.0678. The average Bonchev–Trinajstić information content (AvgIpc) is 3.12. The van der Waals surface area contributed by atoms with Crippen molar-refractivity contribution in [1.29, 1.82) is 0 Å². The molecule has 2 aromatic rings. The van der Waals surface area contributed by atoms with Gasteiger partial charge in [-0.3, -0.25) is 14.5 Å². The smallest absolute Gasteiger partial charge is 0.239 e. The third kappa shape index (κ3) is 4.43. The van der Waals surface area contributed by atoms with Crippen LogP contribution in [0, 0.1) is 0 Å². The molecule has 1 saturated heterocycles. The maximum atomic E-state index is 13.5. The van der Waals surface area contributed by atoms with Gasteiger partial charge in [0.2, 0.25) is 5.91 Å². The Labute approximate surface area is 181 Å². The molecule has 7 heteroatoms. The van der Waals surface area contributed by atoms with Gasteiger partial charge in [0.05, 0.1) is 24.8 Å². The van der Waals surface area contributed by atoms with E-state index in [9.17, 15) is 9.59 Å². The highest BCUT2D eigenvalue weighted by Crippen LogP contribution is 2.40. The van der Waals surface area contributed by atoms with Crippen molar-refractivity contribution in [2.75, 3.05) is 52.2 Å². The lowest BCUT2D eigenvalue weighted by Crippen LogP contribution is -2.47. The number of fused-ring (bicyclic) bond motifs is 1. The highest BCUT2D eigenvalue weighted by molar-refractivity contribution is 7.17. The molecule has 0 unspecified atom stereocenters. The summed E-state index contributed by atoms with van der Waals surface area (Å²) in [5, 5.41) is 3.77. The summed E-state index contributed by atoms with van der Waals surface area (Å²) in [6.07, 6.45) is 4.06. The summed E-state index contributed by atoms with van der Waals surface area (Å²) in [5.41, 5.74) is 2.31. The van der Waals surface area contributed by atoms with Crippen LogP contribution in [0.25, 0.3) is 0 Å². The lowest BCUT2D eigenvalue weighted by Gasteiger charge is -2.31. The quantitative estimate of drug-likeness (QED) is 0.718. The Balaban J connectivity index is 1.59. The molecule has 6 nitrogen and oxygen atoms in total. The second-order valence-electron chi connectivity index (χ2n) is 8.07. The number of amides is 1. The van der Waals surface area contributed by atoms with Crippen molar-refractivity contribution in [3.63, 3.8) is 0 Å². The predicted octanol–water partition coefficient (Wildman–Crippen LogP) is 3.05. The number of likely N-dealkylation sites (N-methyl/N-ethyl adjacent to an activating group) is 1. The van der Waals surface area contributed by atoms with Crippen LogP contribution in [-0.2, 0) is 17.6 Å². The van der Waals surface area contributed by atoms with Crippen molar-refractivity contribution in [1.82, 2.24) is 9.80 Å². The Morgan fingerprint density at radius 3 is 2.60 bits per heavy atom. The first-order chi connectivity index (χ1) is 14.6. The fraction of sp³-hybridized carbons (Fsp3) is 0.478. The van der Waals surface area contributed by atoms with Gasteiger partial charge in [-0.2, -0.15) is 0 Å². The van der Waals surface area contributed by atoms with Crippen LogP contribution in [0.4, 0.5) is 5.00 Å². The van der Waals surface area contributed by atoms with Gasteiger partial charge >= 0.3 is 0 Å². The molecule has 0 atom stereocenters. The van der Waals surface area contributed by atoms with Crippen LogP contribution in [0.5, 0.6) is 5.75 Å². The monoisotopic (exact) mass is 427 g/mol. The molecule has 0 radical (unpaired) electrons. The van der Waals surface area contributed by atoms with Crippen LogP contribution in [0.15, 0.2) is 24.3 Å². The van der Waals surface area contributed by atoms with Crippen LogP contribution in [0.2, 0.25) is 0 Å². The zero-order valence-electron chi connectivity index (χ0n) is 17.7. The first-order valence-corrected chi connectivity index (χ1v) is 11.4. The van der Waals surface area contributed by atoms with Gasteiger partial charge in [0.1, 0.15) is 10.8 Å². The predicted molar refractivity (Wildman–Crippen MR) is 120 cm³/mol. The maximum Gasteiger partial charge on any atom is 0.239 e. The highest BCUT2D eigenvalue weighted by Gasteiger charge is 2.28. The van der Waals surface area contributed by atoms with Crippen LogP contribution < -0.4 is 10.1 Å². The number of carbonyl (C=O) groups excluding carboxylic acids is 2. The van der Waals surface area contributed by atoms with Crippen LogP contribution in [0.3, 0.4) is 0 Å². The molecule has 1 aromatic carbocycles. The van der Waals surface area contributed by atoms with Crippen LogP contribution >= 0.6 is 11.3 Å². The van der Waals surface area contributed by atoms with Crippen molar-refractivity contribution in [2.24, 2.45) is 0 Å². The molecular formula is C23H29N3O3S. The number of anilines is 1. The molecule has 1 aliphatic heterocycles. The standard InChI is InChI=1S/C23H29N3O3S/c1-25-11-13-26(14-12-25)15-20(27)24-23-21(17-8-4-6-10-19(17)30-23)22(28)16-7-3-5-9-18(16)29-2/h3,5,7,9H,4,6,8,10-15H2,1-2H3,(H,24,27). The van der Waals surface area contributed by atoms with Gasteiger partial charge in [0, 0.05) is 31.1 Å². The topological polar surface area (TPSA) is 61.9 Å². The van der Waals surface area contributed by atoms with E-state index >= 15 is 0 Å². The SMILES string of the molecule is COc1ccccc1C(=O)c1c(NC(=O)CN2CCN(C)CC2)sc2c1CCCC2. The molecule has 1 amide bonds. The lowest BCUT2D eigenvalue weighted by atomic mass is 9.91. The number of benzene rings is 1. The van der Waals surface area contributed by atoms with Gasteiger partial charge < -0.3 is 15.0 Å². The van der Waals surface area contributed by atoms with Crippen molar-refractivity contribution >= 4 is 28.0 Å². The second kappa shape index (κ2) is 9.29. The lowest BCUT2D eigenvalue weighted by molar-refractivity contribution is -0.117. The number of rotatable bonds is 6. The first-order valence-electron chi connectivity index (χ1n) is 10.6. The van der Waals surface area contributed by atoms with E-state index in [0.717, 1.165) is 57.4 Å². The molecule has 0 bridgehead atoms. The third-order valence-electron chi connectivity index (χ3n) is 5.97. The number of ketones is 1. The number of piperazine rings is 1. The van der Waals surface area contributed by atoms with Crippen LogP contribution in [-0.4, -0.2) is 68.4 Å². The summed E-state index contributed by atoms with van der Waals surface area (Å²) in [5.74, 6) is 0.446. The Kier molecular flexibility index (Phi) is 6.51.